The number of nitrogens with zero attached hydrogens (tertiary/aromatic N) is 1. The van der Waals surface area contributed by atoms with Gasteiger partial charge in [0.05, 0.1) is 38.6 Å². The number of carbonyl (C=O) groups is 3. The van der Waals surface area contributed by atoms with Crippen molar-refractivity contribution in [3.8, 4) is 0 Å². The second-order valence-corrected chi connectivity index (χ2v) is 5.44. The average molecular weight is 363 g/mol. The largest absolute Gasteiger partial charge is 0.466 e. The van der Waals surface area contributed by atoms with Crippen molar-refractivity contribution in [3.63, 3.8) is 0 Å². The molecule has 0 atom stereocenters. The molecule has 8 nitrogen and oxygen atoms in total. The number of ether oxygens (including phenoxy) is 4. The molecule has 140 valence electrons. The number of hydrogen-bond donors (Lipinski definition) is 0. The number of carbonyl (C=O) groups excluding carboxylic acids is 3. The minimum Gasteiger partial charge on any atom is -0.466 e. The second kappa shape index (κ2) is 8.48. The topological polar surface area (TPSA) is 91.4 Å². The zero-order valence-electron chi connectivity index (χ0n) is 15.2. The van der Waals surface area contributed by atoms with E-state index >= 15 is 0 Å². The van der Waals surface area contributed by atoms with Crippen molar-refractivity contribution < 1.29 is 33.3 Å². The van der Waals surface area contributed by atoms with Crippen LogP contribution in [0, 0.1) is 6.92 Å². The molecule has 0 fully saturated rings. The van der Waals surface area contributed by atoms with Crippen LogP contribution in [0.2, 0.25) is 0 Å². The minimum atomic E-state index is -0.699. The zero-order valence-corrected chi connectivity index (χ0v) is 15.2. The van der Waals surface area contributed by atoms with Crippen LogP contribution < -0.4 is 4.90 Å². The van der Waals surface area contributed by atoms with Gasteiger partial charge in [-0.3, -0.25) is 0 Å². The van der Waals surface area contributed by atoms with Gasteiger partial charge in [0.15, 0.2) is 0 Å². The molecule has 0 spiro atoms. The average Bonchev–Trinajstić information content (AvgIpc) is 2.66. The fourth-order valence-corrected chi connectivity index (χ4v) is 2.58. The molecule has 1 aromatic rings. The zero-order chi connectivity index (χ0) is 19.3. The van der Waals surface area contributed by atoms with Crippen LogP contribution >= 0.6 is 0 Å². The second-order valence-electron chi connectivity index (χ2n) is 5.44. The monoisotopic (exact) mass is 363 g/mol. The van der Waals surface area contributed by atoms with E-state index in [1.807, 2.05) is 6.92 Å². The maximum atomic E-state index is 12.3. The summed E-state index contributed by atoms with van der Waals surface area (Å²) in [5.41, 5.74) is 1.69. The predicted octanol–water partition coefficient (Wildman–Crippen LogP) is 1.57. The molecule has 0 N–H and O–H groups in total. The quantitative estimate of drug-likeness (QED) is 0.575. The van der Waals surface area contributed by atoms with E-state index in [0.29, 0.717) is 11.3 Å². The fraction of sp³-hybridized carbons (Fsp3) is 0.389. The number of rotatable bonds is 5. The molecule has 0 unspecified atom stereocenters. The third-order valence-corrected chi connectivity index (χ3v) is 3.84. The van der Waals surface area contributed by atoms with Gasteiger partial charge in [-0.25, -0.2) is 14.4 Å². The molecule has 1 heterocycles. The van der Waals surface area contributed by atoms with E-state index in [9.17, 15) is 14.4 Å². The van der Waals surface area contributed by atoms with E-state index in [1.165, 1.54) is 19.1 Å². The molecule has 1 aliphatic heterocycles. The van der Waals surface area contributed by atoms with Crippen molar-refractivity contribution in [2.75, 3.05) is 39.1 Å². The van der Waals surface area contributed by atoms with Crippen molar-refractivity contribution in [3.05, 3.63) is 40.6 Å². The first-order chi connectivity index (χ1) is 12.4. The first kappa shape index (κ1) is 19.5. The van der Waals surface area contributed by atoms with E-state index in [1.54, 1.807) is 25.1 Å². The lowest BCUT2D eigenvalue weighted by molar-refractivity contribution is -0.140. The lowest BCUT2D eigenvalue weighted by atomic mass is 10.1. The van der Waals surface area contributed by atoms with Crippen LogP contribution in [0.1, 0.15) is 22.8 Å². The molecular formula is C18H21NO7. The molecule has 1 aromatic carbocycles. The Morgan fingerprint density at radius 1 is 1.12 bits per heavy atom. The van der Waals surface area contributed by atoms with Gasteiger partial charge in [0.1, 0.15) is 12.4 Å². The Kier molecular flexibility index (Phi) is 6.35. The summed E-state index contributed by atoms with van der Waals surface area (Å²) in [6.45, 7) is 3.70. The number of aryl methyl sites for hydroxylation is 1. The van der Waals surface area contributed by atoms with Crippen LogP contribution in [-0.4, -0.2) is 52.1 Å². The smallest absolute Gasteiger partial charge is 0.355 e. The van der Waals surface area contributed by atoms with Gasteiger partial charge in [-0.15, -0.1) is 0 Å². The number of methoxy groups -OCH3 is 2. The summed E-state index contributed by atoms with van der Waals surface area (Å²) in [7, 11) is 2.44. The van der Waals surface area contributed by atoms with E-state index < -0.39 is 17.9 Å². The maximum absolute atomic E-state index is 12.3. The molecular weight excluding hydrogens is 342 g/mol. The molecule has 0 saturated heterocycles. The van der Waals surface area contributed by atoms with Crippen LogP contribution in [0.3, 0.4) is 0 Å². The van der Waals surface area contributed by atoms with Crippen molar-refractivity contribution in [1.29, 1.82) is 0 Å². The Labute approximate surface area is 151 Å². The summed E-state index contributed by atoms with van der Waals surface area (Å²) < 4.78 is 20.0. The van der Waals surface area contributed by atoms with Crippen molar-refractivity contribution >= 4 is 23.6 Å². The summed E-state index contributed by atoms with van der Waals surface area (Å²) >= 11 is 0. The molecule has 2 rings (SSSR count). The van der Waals surface area contributed by atoms with Gasteiger partial charge in [0.2, 0.25) is 0 Å². The van der Waals surface area contributed by atoms with Crippen molar-refractivity contribution in [2.24, 2.45) is 0 Å². The molecule has 0 saturated carbocycles. The summed E-state index contributed by atoms with van der Waals surface area (Å²) in [5.74, 6) is -1.87. The lowest BCUT2D eigenvalue weighted by Gasteiger charge is -2.32. The van der Waals surface area contributed by atoms with E-state index in [-0.39, 0.29) is 31.2 Å². The number of anilines is 1. The molecule has 0 aromatic heterocycles. The molecule has 1 aliphatic rings. The first-order valence-electron chi connectivity index (χ1n) is 7.97. The van der Waals surface area contributed by atoms with Gasteiger partial charge in [-0.1, -0.05) is 6.07 Å². The summed E-state index contributed by atoms with van der Waals surface area (Å²) in [6.07, 6.45) is 0. The highest BCUT2D eigenvalue weighted by molar-refractivity contribution is 6.03. The first-order valence-corrected chi connectivity index (χ1v) is 7.97. The van der Waals surface area contributed by atoms with Gasteiger partial charge in [0, 0.05) is 5.69 Å². The Balaban J connectivity index is 2.57. The van der Waals surface area contributed by atoms with E-state index in [4.69, 9.17) is 18.9 Å². The van der Waals surface area contributed by atoms with Crippen LogP contribution in [-0.2, 0) is 28.5 Å². The summed E-state index contributed by atoms with van der Waals surface area (Å²) in [5, 5.41) is 0. The van der Waals surface area contributed by atoms with Gasteiger partial charge in [-0.2, -0.15) is 0 Å². The van der Waals surface area contributed by atoms with Crippen molar-refractivity contribution in [1.82, 2.24) is 0 Å². The maximum Gasteiger partial charge on any atom is 0.355 e. The molecule has 0 aliphatic carbocycles. The Hall–Kier alpha value is -2.87. The molecule has 0 radical (unpaired) electrons. The normalized spacial score (nSPS) is 14.1. The number of benzene rings is 1. The van der Waals surface area contributed by atoms with E-state index in [2.05, 4.69) is 0 Å². The van der Waals surface area contributed by atoms with Gasteiger partial charge in [-0.05, 0) is 31.5 Å². The highest BCUT2D eigenvalue weighted by atomic mass is 16.5. The van der Waals surface area contributed by atoms with Gasteiger partial charge in [0.25, 0.3) is 0 Å². The molecule has 0 amide bonds. The van der Waals surface area contributed by atoms with Crippen LogP contribution in [0.5, 0.6) is 0 Å². The third kappa shape index (κ3) is 3.85. The van der Waals surface area contributed by atoms with Crippen LogP contribution in [0.4, 0.5) is 5.69 Å². The summed E-state index contributed by atoms with van der Waals surface area (Å²) in [4.78, 5) is 37.9. The Morgan fingerprint density at radius 3 is 2.42 bits per heavy atom. The highest BCUT2D eigenvalue weighted by Gasteiger charge is 2.33. The van der Waals surface area contributed by atoms with Crippen LogP contribution in [0.15, 0.2) is 29.5 Å². The van der Waals surface area contributed by atoms with E-state index in [0.717, 1.165) is 5.56 Å². The highest BCUT2D eigenvalue weighted by Crippen LogP contribution is 2.30. The van der Waals surface area contributed by atoms with Crippen LogP contribution in [0.25, 0.3) is 0 Å². The van der Waals surface area contributed by atoms with Crippen molar-refractivity contribution in [2.45, 2.75) is 13.8 Å². The minimum absolute atomic E-state index is 0.0120. The Bertz CT molecular complexity index is 754. The number of esters is 3. The Morgan fingerprint density at radius 2 is 1.81 bits per heavy atom. The fourth-order valence-electron chi connectivity index (χ4n) is 2.58. The molecule has 0 bridgehead atoms. The third-order valence-electron chi connectivity index (χ3n) is 3.84. The summed E-state index contributed by atoms with van der Waals surface area (Å²) in [6, 6.07) is 4.94. The molecule has 26 heavy (non-hydrogen) atoms. The predicted molar refractivity (Wildman–Crippen MR) is 91.5 cm³/mol. The SMILES string of the molecule is CCOC(=O)c1ccc(C)c(N2COCC(C(=O)OC)=C2C(=O)OC)c1. The van der Waals surface area contributed by atoms with Gasteiger partial charge < -0.3 is 23.8 Å². The van der Waals surface area contributed by atoms with Gasteiger partial charge >= 0.3 is 17.9 Å². The molecule has 8 heteroatoms. The standard InChI is InChI=1S/C18H21NO7/c1-5-26-16(20)12-7-6-11(2)14(8-12)19-10-25-9-13(17(21)23-3)15(19)18(22)24-4/h6-8H,5,9-10H2,1-4H3. The number of hydrogen-bond acceptors (Lipinski definition) is 8. The lowest BCUT2D eigenvalue weighted by Crippen LogP contribution is -2.39.